The molecule has 1 aromatic rings. The summed E-state index contributed by atoms with van der Waals surface area (Å²) in [6.07, 6.45) is 0.703. The van der Waals surface area contributed by atoms with E-state index in [0.29, 0.717) is 6.08 Å². The number of hydrogen-bond acceptors (Lipinski definition) is 5. The van der Waals surface area contributed by atoms with Crippen LogP contribution in [0.5, 0.6) is 0 Å². The van der Waals surface area contributed by atoms with Crippen molar-refractivity contribution < 1.29 is 19.6 Å². The van der Waals surface area contributed by atoms with E-state index >= 15 is 0 Å². The van der Waals surface area contributed by atoms with Crippen LogP contribution in [0, 0.1) is 10.1 Å². The minimum Gasteiger partial charge on any atom is -0.872 e. The first-order valence-corrected chi connectivity index (χ1v) is 5.33. The largest absolute Gasteiger partial charge is 0.872 e. The van der Waals surface area contributed by atoms with Gasteiger partial charge in [-0.25, -0.2) is 4.79 Å². The predicted octanol–water partition coefficient (Wildman–Crippen LogP) is 1.51. The average Bonchev–Trinajstić information content (AvgIpc) is 2.29. The zero-order valence-electron chi connectivity index (χ0n) is 9.38. The number of carbonyl (C=O) groups is 1. The van der Waals surface area contributed by atoms with Crippen molar-refractivity contribution in [3.05, 3.63) is 45.0 Å². The summed E-state index contributed by atoms with van der Waals surface area (Å²) < 4.78 is 4.56. The molecule has 0 aliphatic rings. The molecule has 0 amide bonds. The maximum atomic E-state index is 11.7. The molecular weight excluding hydrogens is 262 g/mol. The Balaban J connectivity index is 3.11. The van der Waals surface area contributed by atoms with Crippen molar-refractivity contribution >= 4 is 29.0 Å². The maximum absolute atomic E-state index is 11.7. The highest BCUT2D eigenvalue weighted by Gasteiger charge is 2.09. The number of ether oxygens (including phenoxy) is 1. The summed E-state index contributed by atoms with van der Waals surface area (Å²) in [5, 5.41) is 22.3. The SMILES string of the molecule is CCOC(=O)/C=C(\[O-])c1cc([N+](=O)[O-])ccc1Cl. The molecule has 0 aliphatic carbocycles. The van der Waals surface area contributed by atoms with Crippen molar-refractivity contribution in [2.45, 2.75) is 6.92 Å². The van der Waals surface area contributed by atoms with Crippen LogP contribution in [0.25, 0.3) is 5.76 Å². The third-order valence-electron chi connectivity index (χ3n) is 1.96. The third kappa shape index (κ3) is 3.46. The van der Waals surface area contributed by atoms with E-state index in [0.717, 1.165) is 6.07 Å². The summed E-state index contributed by atoms with van der Waals surface area (Å²) in [5.74, 6) is -1.55. The Bertz CT molecular complexity index is 512. The zero-order valence-corrected chi connectivity index (χ0v) is 10.1. The molecule has 0 spiro atoms. The Morgan fingerprint density at radius 3 is 2.78 bits per heavy atom. The highest BCUT2D eigenvalue weighted by atomic mass is 35.5. The van der Waals surface area contributed by atoms with Crippen LogP contribution in [-0.2, 0) is 9.53 Å². The number of esters is 1. The summed E-state index contributed by atoms with van der Waals surface area (Å²) in [6, 6.07) is 3.41. The first kappa shape index (κ1) is 14.0. The molecule has 96 valence electrons. The molecule has 6 nitrogen and oxygen atoms in total. The smallest absolute Gasteiger partial charge is 0.330 e. The lowest BCUT2D eigenvalue weighted by Crippen LogP contribution is -2.09. The number of nitro groups is 1. The van der Waals surface area contributed by atoms with Gasteiger partial charge in [0.25, 0.3) is 5.69 Å². The molecule has 0 radical (unpaired) electrons. The van der Waals surface area contributed by atoms with E-state index in [9.17, 15) is 20.0 Å². The standard InChI is InChI=1S/C11H10ClNO5/c1-2-18-11(15)6-10(14)8-5-7(13(16)17)3-4-9(8)12/h3-6,14H,2H2,1H3/p-1/b10-6-. The van der Waals surface area contributed by atoms with E-state index < -0.39 is 16.7 Å². The average molecular weight is 271 g/mol. The van der Waals surface area contributed by atoms with Crippen molar-refractivity contribution in [2.75, 3.05) is 6.61 Å². The van der Waals surface area contributed by atoms with Crippen LogP contribution >= 0.6 is 11.6 Å². The lowest BCUT2D eigenvalue weighted by molar-refractivity contribution is -0.385. The molecule has 0 unspecified atom stereocenters. The van der Waals surface area contributed by atoms with Gasteiger partial charge in [0.15, 0.2) is 0 Å². The Hall–Kier alpha value is -2.08. The van der Waals surface area contributed by atoms with Crippen molar-refractivity contribution in [2.24, 2.45) is 0 Å². The fraction of sp³-hybridized carbons (Fsp3) is 0.182. The van der Waals surface area contributed by atoms with Gasteiger partial charge in [-0.15, -0.1) is 0 Å². The molecule has 0 saturated carbocycles. The second-order valence-electron chi connectivity index (χ2n) is 3.18. The minimum absolute atomic E-state index is 0.0335. The molecule has 7 heteroatoms. The van der Waals surface area contributed by atoms with Gasteiger partial charge in [-0.2, -0.15) is 0 Å². The van der Waals surface area contributed by atoms with E-state index in [1.54, 1.807) is 6.92 Å². The number of halogens is 1. The topological polar surface area (TPSA) is 92.5 Å². The minimum atomic E-state index is -0.815. The number of rotatable bonds is 4. The Labute approximate surface area is 108 Å². The van der Waals surface area contributed by atoms with Crippen LogP contribution in [0.15, 0.2) is 24.3 Å². The number of carbonyl (C=O) groups excluding carboxylic acids is 1. The van der Waals surface area contributed by atoms with Gasteiger partial charge in [0, 0.05) is 23.2 Å². The van der Waals surface area contributed by atoms with Gasteiger partial charge in [-0.3, -0.25) is 10.1 Å². The van der Waals surface area contributed by atoms with Crippen LogP contribution in [0.3, 0.4) is 0 Å². The van der Waals surface area contributed by atoms with Crippen molar-refractivity contribution in [3.8, 4) is 0 Å². The number of hydrogen-bond donors (Lipinski definition) is 0. The van der Waals surface area contributed by atoms with Crippen LogP contribution < -0.4 is 5.11 Å². The summed E-state index contributed by atoms with van der Waals surface area (Å²) in [4.78, 5) is 21.0. The molecule has 1 rings (SSSR count). The number of nitrogens with zero attached hydrogens (tertiary/aromatic N) is 1. The fourth-order valence-electron chi connectivity index (χ4n) is 1.18. The molecule has 0 N–H and O–H groups in total. The monoisotopic (exact) mass is 270 g/mol. The lowest BCUT2D eigenvalue weighted by atomic mass is 10.1. The molecule has 0 aliphatic heterocycles. The maximum Gasteiger partial charge on any atom is 0.330 e. The molecule has 0 aromatic heterocycles. The number of benzene rings is 1. The van der Waals surface area contributed by atoms with E-state index in [4.69, 9.17) is 11.6 Å². The van der Waals surface area contributed by atoms with Crippen molar-refractivity contribution in [1.82, 2.24) is 0 Å². The summed E-state index contributed by atoms with van der Waals surface area (Å²) in [7, 11) is 0. The molecule has 0 fully saturated rings. The van der Waals surface area contributed by atoms with E-state index in [1.807, 2.05) is 0 Å². The van der Waals surface area contributed by atoms with E-state index in [-0.39, 0.29) is 22.9 Å². The first-order chi connectivity index (χ1) is 8.45. The highest BCUT2D eigenvalue weighted by molar-refractivity contribution is 6.32. The summed E-state index contributed by atoms with van der Waals surface area (Å²) in [5.41, 5.74) is -0.390. The Morgan fingerprint density at radius 1 is 1.56 bits per heavy atom. The second-order valence-corrected chi connectivity index (χ2v) is 3.59. The van der Waals surface area contributed by atoms with Gasteiger partial charge in [-0.1, -0.05) is 17.4 Å². The lowest BCUT2D eigenvalue weighted by Gasteiger charge is -2.13. The van der Waals surface area contributed by atoms with Gasteiger partial charge in [0.05, 0.1) is 11.5 Å². The van der Waals surface area contributed by atoms with Gasteiger partial charge in [0.1, 0.15) is 0 Å². The number of non-ortho nitro benzene ring substituents is 1. The van der Waals surface area contributed by atoms with Crippen LogP contribution in [0.1, 0.15) is 12.5 Å². The molecule has 0 bridgehead atoms. The Kier molecular flexibility index (Phi) is 4.67. The fourth-order valence-corrected chi connectivity index (χ4v) is 1.40. The highest BCUT2D eigenvalue weighted by Crippen LogP contribution is 2.25. The Morgan fingerprint density at radius 2 is 2.22 bits per heavy atom. The molecular formula is C11H9ClNO5-. The summed E-state index contributed by atoms with van der Waals surface area (Å²) in [6.45, 7) is 1.72. The zero-order chi connectivity index (χ0) is 13.7. The van der Waals surface area contributed by atoms with Crippen molar-refractivity contribution in [1.29, 1.82) is 0 Å². The molecule has 0 saturated heterocycles. The molecule has 0 heterocycles. The number of nitro benzene ring substituents is 1. The van der Waals surface area contributed by atoms with E-state index in [2.05, 4.69) is 4.74 Å². The van der Waals surface area contributed by atoms with Crippen molar-refractivity contribution in [3.63, 3.8) is 0 Å². The molecule has 0 atom stereocenters. The van der Waals surface area contributed by atoms with Gasteiger partial charge >= 0.3 is 5.97 Å². The van der Waals surface area contributed by atoms with Gasteiger partial charge in [-0.05, 0) is 18.6 Å². The van der Waals surface area contributed by atoms with E-state index in [1.165, 1.54) is 12.1 Å². The van der Waals surface area contributed by atoms with Crippen LogP contribution in [0.4, 0.5) is 5.69 Å². The van der Waals surface area contributed by atoms with Crippen LogP contribution in [0.2, 0.25) is 5.02 Å². The third-order valence-corrected chi connectivity index (χ3v) is 2.29. The van der Waals surface area contributed by atoms with Crippen LogP contribution in [-0.4, -0.2) is 17.5 Å². The molecule has 18 heavy (non-hydrogen) atoms. The quantitative estimate of drug-likeness (QED) is 0.272. The predicted molar refractivity (Wildman–Crippen MR) is 62.7 cm³/mol. The molecule has 1 aromatic carbocycles. The second kappa shape index (κ2) is 6.02. The van der Waals surface area contributed by atoms with Gasteiger partial charge < -0.3 is 9.84 Å². The normalized spacial score (nSPS) is 11.1. The summed E-state index contributed by atoms with van der Waals surface area (Å²) >= 11 is 5.74. The first-order valence-electron chi connectivity index (χ1n) is 4.95. The van der Waals surface area contributed by atoms with Gasteiger partial charge in [0.2, 0.25) is 0 Å².